The van der Waals surface area contributed by atoms with Gasteiger partial charge in [-0.2, -0.15) is 5.26 Å². The molecule has 0 saturated carbocycles. The predicted molar refractivity (Wildman–Crippen MR) is 108 cm³/mol. The van der Waals surface area contributed by atoms with Gasteiger partial charge in [0.1, 0.15) is 11.5 Å². The molecule has 1 N–H and O–H groups in total. The molecule has 0 unspecified atom stereocenters. The first-order valence-electron chi connectivity index (χ1n) is 8.55. The number of ether oxygens (including phenoxy) is 2. The van der Waals surface area contributed by atoms with Crippen molar-refractivity contribution in [3.8, 4) is 17.6 Å². The minimum atomic E-state index is -0.175. The zero-order valence-electron chi connectivity index (χ0n) is 15.6. The molecule has 28 heavy (non-hydrogen) atoms. The van der Waals surface area contributed by atoms with Crippen LogP contribution >= 0.6 is 11.3 Å². The van der Waals surface area contributed by atoms with Gasteiger partial charge >= 0.3 is 0 Å². The number of nitrogens with one attached hydrogen (secondary N) is 1. The highest BCUT2D eigenvalue weighted by Gasteiger charge is 2.12. The molecule has 0 fully saturated rings. The SMILES string of the molecule is COc1ccc(OC)c(CC(=O)Nc2ncc(Cc3ccc(C#N)cc3)s2)c1. The number of amides is 1. The van der Waals surface area contributed by atoms with Gasteiger partial charge in [0.25, 0.3) is 0 Å². The first-order valence-corrected chi connectivity index (χ1v) is 9.37. The summed E-state index contributed by atoms with van der Waals surface area (Å²) in [5.74, 6) is 1.13. The summed E-state index contributed by atoms with van der Waals surface area (Å²) in [5.41, 5.74) is 2.46. The summed E-state index contributed by atoms with van der Waals surface area (Å²) in [6, 6.07) is 14.9. The van der Waals surface area contributed by atoms with Gasteiger partial charge in [0, 0.05) is 23.1 Å². The van der Waals surface area contributed by atoms with Crippen molar-refractivity contribution in [2.45, 2.75) is 12.8 Å². The molecule has 1 amide bonds. The number of benzene rings is 2. The van der Waals surface area contributed by atoms with Crippen molar-refractivity contribution in [2.24, 2.45) is 0 Å². The predicted octanol–water partition coefficient (Wildman–Crippen LogP) is 3.80. The molecule has 0 aliphatic heterocycles. The van der Waals surface area contributed by atoms with Crippen molar-refractivity contribution < 1.29 is 14.3 Å². The van der Waals surface area contributed by atoms with Gasteiger partial charge in [0.05, 0.1) is 32.3 Å². The molecule has 6 nitrogen and oxygen atoms in total. The maximum absolute atomic E-state index is 12.4. The number of thiazole rings is 1. The lowest BCUT2D eigenvalue weighted by molar-refractivity contribution is -0.115. The summed E-state index contributed by atoms with van der Waals surface area (Å²) in [6.45, 7) is 0. The van der Waals surface area contributed by atoms with Crippen LogP contribution in [-0.2, 0) is 17.6 Å². The van der Waals surface area contributed by atoms with Gasteiger partial charge in [-0.1, -0.05) is 12.1 Å². The molecule has 0 aliphatic carbocycles. The highest BCUT2D eigenvalue weighted by molar-refractivity contribution is 7.15. The Morgan fingerprint density at radius 3 is 2.64 bits per heavy atom. The fraction of sp³-hybridized carbons (Fsp3) is 0.190. The number of hydrogen-bond acceptors (Lipinski definition) is 6. The zero-order chi connectivity index (χ0) is 19.9. The fourth-order valence-corrected chi connectivity index (χ4v) is 3.56. The molecule has 3 rings (SSSR count). The van der Waals surface area contributed by atoms with Crippen molar-refractivity contribution in [1.29, 1.82) is 5.26 Å². The number of anilines is 1. The second-order valence-electron chi connectivity index (χ2n) is 6.02. The summed E-state index contributed by atoms with van der Waals surface area (Å²) in [7, 11) is 3.15. The Hall–Kier alpha value is -3.37. The molecule has 1 aromatic heterocycles. The van der Waals surface area contributed by atoms with Crippen molar-refractivity contribution in [3.63, 3.8) is 0 Å². The van der Waals surface area contributed by atoms with Crippen LogP contribution in [0.2, 0.25) is 0 Å². The minimum absolute atomic E-state index is 0.158. The number of rotatable bonds is 7. The first kappa shape index (κ1) is 19.4. The van der Waals surface area contributed by atoms with Crippen molar-refractivity contribution in [2.75, 3.05) is 19.5 Å². The van der Waals surface area contributed by atoms with Gasteiger partial charge in [0.15, 0.2) is 5.13 Å². The van der Waals surface area contributed by atoms with Gasteiger partial charge in [-0.25, -0.2) is 4.98 Å². The van der Waals surface area contributed by atoms with Crippen LogP contribution in [0.15, 0.2) is 48.7 Å². The van der Waals surface area contributed by atoms with Gasteiger partial charge in [-0.15, -0.1) is 11.3 Å². The van der Waals surface area contributed by atoms with E-state index >= 15 is 0 Å². The van der Waals surface area contributed by atoms with E-state index in [4.69, 9.17) is 14.7 Å². The molecule has 3 aromatic rings. The number of carbonyl (C=O) groups excluding carboxylic acids is 1. The van der Waals surface area contributed by atoms with Crippen LogP contribution in [0.3, 0.4) is 0 Å². The monoisotopic (exact) mass is 393 g/mol. The summed E-state index contributed by atoms with van der Waals surface area (Å²) >= 11 is 1.43. The summed E-state index contributed by atoms with van der Waals surface area (Å²) in [6.07, 6.45) is 2.61. The fourth-order valence-electron chi connectivity index (χ4n) is 2.70. The topological polar surface area (TPSA) is 84.2 Å². The molecule has 0 atom stereocenters. The molecule has 0 radical (unpaired) electrons. The molecule has 7 heteroatoms. The van der Waals surface area contributed by atoms with E-state index in [9.17, 15) is 4.79 Å². The number of methoxy groups -OCH3 is 2. The normalized spacial score (nSPS) is 10.2. The Kier molecular flexibility index (Phi) is 6.25. The number of hydrogen-bond donors (Lipinski definition) is 1. The zero-order valence-corrected chi connectivity index (χ0v) is 16.4. The average molecular weight is 393 g/mol. The summed E-state index contributed by atoms with van der Waals surface area (Å²) < 4.78 is 10.5. The number of nitriles is 1. The van der Waals surface area contributed by atoms with E-state index in [1.54, 1.807) is 50.7 Å². The lowest BCUT2D eigenvalue weighted by atomic mass is 10.1. The number of aromatic nitrogens is 1. The van der Waals surface area contributed by atoms with Crippen molar-refractivity contribution in [3.05, 3.63) is 70.2 Å². The smallest absolute Gasteiger partial charge is 0.230 e. The third kappa shape index (κ3) is 4.87. The third-order valence-electron chi connectivity index (χ3n) is 4.10. The molecule has 0 saturated heterocycles. The van der Waals surface area contributed by atoms with Crippen LogP contribution in [0.1, 0.15) is 21.6 Å². The maximum atomic E-state index is 12.4. The largest absolute Gasteiger partial charge is 0.497 e. The average Bonchev–Trinajstić information content (AvgIpc) is 3.15. The molecule has 1 heterocycles. The van der Waals surface area contributed by atoms with Crippen LogP contribution in [0.5, 0.6) is 11.5 Å². The van der Waals surface area contributed by atoms with Gasteiger partial charge < -0.3 is 14.8 Å². The Morgan fingerprint density at radius 2 is 1.96 bits per heavy atom. The Bertz CT molecular complexity index is 1010. The standard InChI is InChI=1S/C21H19N3O3S/c1-26-17-7-8-19(27-2)16(10-17)11-20(25)24-21-23-13-18(28-21)9-14-3-5-15(12-22)6-4-14/h3-8,10,13H,9,11H2,1-2H3,(H,23,24,25). The molecule has 0 bridgehead atoms. The van der Waals surface area contributed by atoms with Crippen LogP contribution in [0, 0.1) is 11.3 Å². The van der Waals surface area contributed by atoms with E-state index in [1.165, 1.54) is 11.3 Å². The van der Waals surface area contributed by atoms with Crippen LogP contribution in [0.25, 0.3) is 0 Å². The quantitative estimate of drug-likeness (QED) is 0.660. The number of carbonyl (C=O) groups is 1. The molecular weight excluding hydrogens is 374 g/mol. The first-order chi connectivity index (χ1) is 13.6. The van der Waals surface area contributed by atoms with E-state index in [2.05, 4.69) is 16.4 Å². The lowest BCUT2D eigenvalue weighted by Gasteiger charge is -2.10. The van der Waals surface area contributed by atoms with E-state index in [1.807, 2.05) is 12.1 Å². The van der Waals surface area contributed by atoms with Crippen LogP contribution in [0.4, 0.5) is 5.13 Å². The second-order valence-corrected chi connectivity index (χ2v) is 7.14. The Balaban J connectivity index is 1.63. The molecule has 0 spiro atoms. The summed E-state index contributed by atoms with van der Waals surface area (Å²) in [4.78, 5) is 17.7. The van der Waals surface area contributed by atoms with Crippen LogP contribution < -0.4 is 14.8 Å². The van der Waals surface area contributed by atoms with E-state index in [0.717, 1.165) is 16.0 Å². The Labute approximate surface area is 167 Å². The van der Waals surface area contributed by atoms with E-state index < -0.39 is 0 Å². The van der Waals surface area contributed by atoms with Gasteiger partial charge in [-0.05, 0) is 35.9 Å². The van der Waals surface area contributed by atoms with Gasteiger partial charge in [-0.3, -0.25) is 4.79 Å². The lowest BCUT2D eigenvalue weighted by Crippen LogP contribution is -2.14. The second kappa shape index (κ2) is 9.02. The molecule has 142 valence electrons. The molecular formula is C21H19N3O3S. The maximum Gasteiger partial charge on any atom is 0.230 e. The molecule has 2 aromatic carbocycles. The highest BCUT2D eigenvalue weighted by atomic mass is 32.1. The minimum Gasteiger partial charge on any atom is -0.497 e. The van der Waals surface area contributed by atoms with Crippen molar-refractivity contribution >= 4 is 22.4 Å². The van der Waals surface area contributed by atoms with Crippen molar-refractivity contribution in [1.82, 2.24) is 4.98 Å². The van der Waals surface area contributed by atoms with E-state index in [-0.39, 0.29) is 12.3 Å². The molecule has 0 aliphatic rings. The van der Waals surface area contributed by atoms with Crippen LogP contribution in [-0.4, -0.2) is 25.1 Å². The highest BCUT2D eigenvalue weighted by Crippen LogP contribution is 2.26. The Morgan fingerprint density at radius 1 is 1.18 bits per heavy atom. The van der Waals surface area contributed by atoms with Gasteiger partial charge in [0.2, 0.25) is 5.91 Å². The van der Waals surface area contributed by atoms with E-state index in [0.29, 0.717) is 28.6 Å². The third-order valence-corrected chi connectivity index (χ3v) is 5.01. The summed E-state index contributed by atoms with van der Waals surface area (Å²) in [5, 5.41) is 12.2. The number of nitrogens with zero attached hydrogens (tertiary/aromatic N) is 2.